The zero-order valence-corrected chi connectivity index (χ0v) is 9.77. The zero-order valence-electron chi connectivity index (χ0n) is 9.77. The Morgan fingerprint density at radius 1 is 1.44 bits per heavy atom. The Kier molecular flexibility index (Phi) is 3.42. The standard InChI is InChI=1S/C10H18N2O4/c1-10(2,3)16-9(15)12-5-4-6(11)7(12)8(13)14/h6-7H,4-5,11H2,1-3H3,(H,13,14)/t6-,7+/m1/s1. The van der Waals surface area contributed by atoms with E-state index in [-0.39, 0.29) is 0 Å². The van der Waals surface area contributed by atoms with Gasteiger partial charge in [-0.1, -0.05) is 0 Å². The molecule has 1 aliphatic heterocycles. The van der Waals surface area contributed by atoms with E-state index >= 15 is 0 Å². The minimum Gasteiger partial charge on any atom is -0.480 e. The molecular weight excluding hydrogens is 212 g/mol. The molecule has 1 heterocycles. The molecule has 0 unspecified atom stereocenters. The van der Waals surface area contributed by atoms with E-state index in [0.29, 0.717) is 13.0 Å². The number of carbonyl (C=O) groups is 2. The van der Waals surface area contributed by atoms with Crippen LogP contribution in [0.15, 0.2) is 0 Å². The van der Waals surface area contributed by atoms with Gasteiger partial charge in [0.1, 0.15) is 11.6 Å². The number of carbonyl (C=O) groups excluding carboxylic acids is 1. The lowest BCUT2D eigenvalue weighted by Gasteiger charge is -2.27. The maximum Gasteiger partial charge on any atom is 0.411 e. The van der Waals surface area contributed by atoms with Crippen LogP contribution in [0.5, 0.6) is 0 Å². The van der Waals surface area contributed by atoms with Crippen molar-refractivity contribution in [2.45, 2.75) is 44.9 Å². The second kappa shape index (κ2) is 4.29. The zero-order chi connectivity index (χ0) is 12.5. The smallest absolute Gasteiger partial charge is 0.411 e. The van der Waals surface area contributed by atoms with Gasteiger partial charge in [0.25, 0.3) is 0 Å². The van der Waals surface area contributed by atoms with Gasteiger partial charge in [0, 0.05) is 12.6 Å². The summed E-state index contributed by atoms with van der Waals surface area (Å²) in [5.41, 5.74) is 5.01. The van der Waals surface area contributed by atoms with E-state index in [2.05, 4.69) is 0 Å². The third kappa shape index (κ3) is 2.85. The summed E-state index contributed by atoms with van der Waals surface area (Å²) < 4.78 is 5.12. The summed E-state index contributed by atoms with van der Waals surface area (Å²) in [7, 11) is 0. The molecule has 0 aromatic carbocycles. The lowest BCUT2D eigenvalue weighted by Crippen LogP contribution is -2.49. The van der Waals surface area contributed by atoms with Gasteiger partial charge < -0.3 is 15.6 Å². The Balaban J connectivity index is 2.73. The number of nitrogens with two attached hydrogens (primary N) is 1. The van der Waals surface area contributed by atoms with Crippen molar-refractivity contribution in [3.8, 4) is 0 Å². The average Bonchev–Trinajstić information content (AvgIpc) is 2.43. The maximum absolute atomic E-state index is 11.7. The van der Waals surface area contributed by atoms with Crippen LogP contribution in [-0.4, -0.2) is 46.3 Å². The van der Waals surface area contributed by atoms with Gasteiger partial charge in [0.05, 0.1) is 0 Å². The normalized spacial score (nSPS) is 25.6. The summed E-state index contributed by atoms with van der Waals surface area (Å²) in [6.45, 7) is 5.52. The molecule has 3 N–H and O–H groups in total. The molecule has 0 radical (unpaired) electrons. The largest absolute Gasteiger partial charge is 0.480 e. The van der Waals surface area contributed by atoms with Gasteiger partial charge in [-0.15, -0.1) is 0 Å². The van der Waals surface area contributed by atoms with Gasteiger partial charge >= 0.3 is 12.1 Å². The topological polar surface area (TPSA) is 92.9 Å². The minimum atomic E-state index is -1.09. The molecule has 1 rings (SSSR count). The number of amides is 1. The Morgan fingerprint density at radius 3 is 2.44 bits per heavy atom. The fraction of sp³-hybridized carbons (Fsp3) is 0.800. The quantitative estimate of drug-likeness (QED) is 0.680. The van der Waals surface area contributed by atoms with Crippen molar-refractivity contribution < 1.29 is 19.4 Å². The molecule has 1 fully saturated rings. The first-order chi connectivity index (χ1) is 7.22. The Hall–Kier alpha value is -1.30. The predicted octanol–water partition coefficient (Wildman–Crippen LogP) is 0.408. The minimum absolute atomic E-state index is 0.326. The van der Waals surface area contributed by atoms with Crippen LogP contribution >= 0.6 is 0 Å². The summed E-state index contributed by atoms with van der Waals surface area (Å²) in [6.07, 6.45) is -0.135. The van der Waals surface area contributed by atoms with Gasteiger partial charge in [0.2, 0.25) is 0 Å². The van der Waals surface area contributed by atoms with Crippen LogP contribution in [0.25, 0.3) is 0 Å². The number of hydrogen-bond acceptors (Lipinski definition) is 4. The molecule has 0 saturated carbocycles. The highest BCUT2D eigenvalue weighted by molar-refractivity contribution is 5.81. The van der Waals surface area contributed by atoms with E-state index in [1.165, 1.54) is 4.90 Å². The molecular formula is C10H18N2O4. The number of ether oxygens (including phenoxy) is 1. The summed E-state index contributed by atoms with van der Waals surface area (Å²) in [5, 5.41) is 8.97. The maximum atomic E-state index is 11.7. The molecule has 6 nitrogen and oxygen atoms in total. The van der Waals surface area contributed by atoms with Crippen LogP contribution in [0, 0.1) is 0 Å². The fourth-order valence-electron chi connectivity index (χ4n) is 1.66. The monoisotopic (exact) mass is 230 g/mol. The summed E-state index contributed by atoms with van der Waals surface area (Å²) in [5.74, 6) is -1.09. The van der Waals surface area contributed by atoms with Crippen molar-refractivity contribution in [1.82, 2.24) is 4.90 Å². The molecule has 16 heavy (non-hydrogen) atoms. The molecule has 1 aliphatic rings. The number of likely N-dealkylation sites (tertiary alicyclic amines) is 1. The number of hydrogen-bond donors (Lipinski definition) is 2. The van der Waals surface area contributed by atoms with E-state index in [1.807, 2.05) is 0 Å². The molecule has 92 valence electrons. The molecule has 0 bridgehead atoms. The lowest BCUT2D eigenvalue weighted by molar-refractivity contribution is -0.142. The van der Waals surface area contributed by atoms with Gasteiger partial charge in [-0.3, -0.25) is 4.90 Å². The van der Waals surface area contributed by atoms with Crippen LogP contribution in [0.4, 0.5) is 4.79 Å². The van der Waals surface area contributed by atoms with Gasteiger partial charge in [-0.2, -0.15) is 0 Å². The number of carboxylic acid groups (broad SMARTS) is 1. The number of nitrogens with zero attached hydrogens (tertiary/aromatic N) is 1. The van der Waals surface area contributed by atoms with E-state index in [0.717, 1.165) is 0 Å². The summed E-state index contributed by atoms with van der Waals surface area (Å²) in [6, 6.07) is -1.50. The van der Waals surface area contributed by atoms with Gasteiger partial charge in [-0.25, -0.2) is 9.59 Å². The van der Waals surface area contributed by atoms with E-state index in [1.54, 1.807) is 20.8 Å². The highest BCUT2D eigenvalue weighted by atomic mass is 16.6. The molecule has 1 saturated heterocycles. The average molecular weight is 230 g/mol. The Morgan fingerprint density at radius 2 is 2.00 bits per heavy atom. The molecule has 1 amide bonds. The van der Waals surface area contributed by atoms with E-state index < -0.39 is 29.7 Å². The first-order valence-corrected chi connectivity index (χ1v) is 5.20. The van der Waals surface area contributed by atoms with Crippen molar-refractivity contribution >= 4 is 12.1 Å². The molecule has 0 aromatic heterocycles. The van der Waals surface area contributed by atoms with Crippen LogP contribution < -0.4 is 5.73 Å². The number of aliphatic carboxylic acids is 1. The highest BCUT2D eigenvalue weighted by Gasteiger charge is 2.41. The molecule has 6 heteroatoms. The second-order valence-electron chi connectivity index (χ2n) is 4.91. The summed E-state index contributed by atoms with van der Waals surface area (Å²) in [4.78, 5) is 23.8. The SMILES string of the molecule is CC(C)(C)OC(=O)N1CC[C@@H](N)[C@H]1C(=O)O. The van der Waals surface area contributed by atoms with Crippen LogP contribution in [0.1, 0.15) is 27.2 Å². The van der Waals surface area contributed by atoms with Crippen LogP contribution in [0.3, 0.4) is 0 Å². The third-order valence-electron chi connectivity index (χ3n) is 2.33. The van der Waals surface area contributed by atoms with Gasteiger partial charge in [-0.05, 0) is 27.2 Å². The van der Waals surface area contributed by atoms with Crippen molar-refractivity contribution in [3.63, 3.8) is 0 Å². The van der Waals surface area contributed by atoms with E-state index in [9.17, 15) is 9.59 Å². The van der Waals surface area contributed by atoms with Crippen molar-refractivity contribution in [1.29, 1.82) is 0 Å². The first-order valence-electron chi connectivity index (χ1n) is 5.20. The number of carboxylic acids is 1. The van der Waals surface area contributed by atoms with Crippen LogP contribution in [0.2, 0.25) is 0 Å². The van der Waals surface area contributed by atoms with Gasteiger partial charge in [0.15, 0.2) is 0 Å². The van der Waals surface area contributed by atoms with Crippen LogP contribution in [-0.2, 0) is 9.53 Å². The Bertz CT molecular complexity index is 298. The molecule has 0 spiro atoms. The number of rotatable bonds is 1. The first kappa shape index (κ1) is 12.8. The molecule has 0 aromatic rings. The lowest BCUT2D eigenvalue weighted by atomic mass is 10.1. The molecule has 2 atom stereocenters. The van der Waals surface area contributed by atoms with Crippen molar-refractivity contribution in [2.75, 3.05) is 6.54 Å². The third-order valence-corrected chi connectivity index (χ3v) is 2.33. The highest BCUT2D eigenvalue weighted by Crippen LogP contribution is 2.20. The fourth-order valence-corrected chi connectivity index (χ4v) is 1.66. The summed E-state index contributed by atoms with van der Waals surface area (Å²) >= 11 is 0. The van der Waals surface area contributed by atoms with Crippen molar-refractivity contribution in [2.24, 2.45) is 5.73 Å². The van der Waals surface area contributed by atoms with E-state index in [4.69, 9.17) is 15.6 Å². The Labute approximate surface area is 94.3 Å². The predicted molar refractivity (Wildman–Crippen MR) is 57.0 cm³/mol. The second-order valence-corrected chi connectivity index (χ2v) is 4.91. The molecule has 0 aliphatic carbocycles. The van der Waals surface area contributed by atoms with Crippen molar-refractivity contribution in [3.05, 3.63) is 0 Å².